The monoisotopic (exact) mass is 318 g/mol. The average molecular weight is 318 g/mol. The molecule has 0 radical (unpaired) electrons. The van der Waals surface area contributed by atoms with E-state index in [2.05, 4.69) is 30.2 Å². The minimum Gasteiger partial charge on any atom is -0.852 e. The predicted molar refractivity (Wildman–Crippen MR) is 48.8 cm³/mol. The Bertz CT molecular complexity index is 127. The zero-order valence-electron chi connectivity index (χ0n) is 6.36. The van der Waals surface area contributed by atoms with Crippen LogP contribution in [0.2, 0.25) is 0 Å². The maximum atomic E-state index is 9.88. The van der Waals surface area contributed by atoms with E-state index >= 15 is 0 Å². The van der Waals surface area contributed by atoms with Crippen LogP contribution in [0.3, 0.4) is 0 Å². The minimum atomic E-state index is -0.750. The van der Waals surface area contributed by atoms with Crippen LogP contribution in [0.5, 0.6) is 0 Å². The summed E-state index contributed by atoms with van der Waals surface area (Å²) in [6.07, 6.45) is 0. The van der Waals surface area contributed by atoms with Gasteiger partial charge in [-0.05, 0) is 0 Å². The Kier molecular flexibility index (Phi) is 17.8. The van der Waals surface area contributed by atoms with E-state index in [1.807, 2.05) is 0 Å². The summed E-state index contributed by atoms with van der Waals surface area (Å²) in [7, 11) is 3.24. The predicted octanol–water partition coefficient (Wildman–Crippen LogP) is -2.60. The summed E-state index contributed by atoms with van der Waals surface area (Å²) in [6.45, 7) is 0. The van der Waals surface area contributed by atoms with E-state index in [0.717, 1.165) is 0 Å². The number of hydrogen-bond donors (Lipinski definition) is 1. The third kappa shape index (κ3) is 35.8. The Morgan fingerprint density at radius 3 is 1.36 bits per heavy atom. The average Bonchev–Trinajstić information content (AvgIpc) is 1.63. The normalized spacial score (nSPS) is 6.36. The zero-order chi connectivity index (χ0) is 8.73. The number of nitrogens with zero attached hydrogens (tertiary/aromatic N) is 1. The first-order valence-electron chi connectivity index (χ1n) is 2.22. The fraction of sp³-hybridized carbons (Fsp3) is 0.500. The van der Waals surface area contributed by atoms with Crippen LogP contribution in [0.25, 0.3) is 0 Å². The molecule has 0 spiro atoms. The molecule has 0 aromatic heterocycles. The molecule has 0 saturated carbocycles. The van der Waals surface area contributed by atoms with Gasteiger partial charge in [-0.2, -0.15) is 0 Å². The number of nitrogens with two attached hydrogens (primary N) is 1. The van der Waals surface area contributed by atoms with Crippen molar-refractivity contribution in [3.63, 3.8) is 0 Å². The standard InChI is InChI=1S/C3H7NOS.CH3NOS.Ba/c1-4(2)3(5)6;2-1(3)4;/h1-2H3,(H,5,6);(H3,2,3,4);/q;;+2/p-2. The van der Waals surface area contributed by atoms with Gasteiger partial charge in [-0.25, -0.2) is 0 Å². The third-order valence-electron chi connectivity index (χ3n) is 0.365. The van der Waals surface area contributed by atoms with Crippen LogP contribution in [0.15, 0.2) is 0 Å². The van der Waals surface area contributed by atoms with E-state index in [4.69, 9.17) is 5.11 Å². The van der Waals surface area contributed by atoms with Gasteiger partial charge in [0.1, 0.15) is 0 Å². The minimum absolute atomic E-state index is 0. The molecule has 2 N–H and O–H groups in total. The SMILES string of the molecule is CN(C)C([O-])=S.NC([O-])=S.[Ba+2]. The van der Waals surface area contributed by atoms with E-state index < -0.39 is 5.17 Å². The molecule has 11 heavy (non-hydrogen) atoms. The summed E-state index contributed by atoms with van der Waals surface area (Å²) >= 11 is 7.95. The van der Waals surface area contributed by atoms with Crippen LogP contribution in [0, 0.1) is 0 Å². The van der Waals surface area contributed by atoms with Gasteiger partial charge in [0, 0.05) is 24.4 Å². The molecule has 0 heterocycles. The summed E-state index contributed by atoms with van der Waals surface area (Å²) in [4.78, 5) is 1.34. The van der Waals surface area contributed by atoms with Crippen molar-refractivity contribution in [1.82, 2.24) is 4.90 Å². The van der Waals surface area contributed by atoms with Gasteiger partial charge in [-0.3, -0.25) is 0 Å². The van der Waals surface area contributed by atoms with Crippen molar-refractivity contribution in [2.45, 2.75) is 0 Å². The molecular weight excluding hydrogens is 310 g/mol. The second kappa shape index (κ2) is 11.0. The van der Waals surface area contributed by atoms with E-state index in [1.165, 1.54) is 4.90 Å². The summed E-state index contributed by atoms with van der Waals surface area (Å²) in [5.74, 6) is 0. The van der Waals surface area contributed by atoms with Gasteiger partial charge >= 0.3 is 48.9 Å². The van der Waals surface area contributed by atoms with Crippen LogP contribution in [0.4, 0.5) is 0 Å². The molecule has 0 amide bonds. The van der Waals surface area contributed by atoms with Gasteiger partial charge in [0.2, 0.25) is 0 Å². The van der Waals surface area contributed by atoms with Crippen molar-refractivity contribution in [3.8, 4) is 0 Å². The molecule has 0 aliphatic heterocycles. The van der Waals surface area contributed by atoms with Gasteiger partial charge in [-0.15, -0.1) is 0 Å². The Labute approximate surface area is 117 Å². The second-order valence-electron chi connectivity index (χ2n) is 1.48. The first-order valence-corrected chi connectivity index (χ1v) is 3.04. The molecule has 0 aromatic rings. The summed E-state index contributed by atoms with van der Waals surface area (Å²) in [5, 5.41) is 17.8. The van der Waals surface area contributed by atoms with Gasteiger partial charge in [0.25, 0.3) is 0 Å². The van der Waals surface area contributed by atoms with Gasteiger partial charge in [-0.1, -0.05) is 24.4 Å². The number of thiocarbonyl (C=S) groups is 2. The summed E-state index contributed by atoms with van der Waals surface area (Å²) in [5.41, 5.74) is 4.29. The molecule has 60 valence electrons. The van der Waals surface area contributed by atoms with Crippen LogP contribution >= 0.6 is 24.4 Å². The van der Waals surface area contributed by atoms with Crippen LogP contribution < -0.4 is 15.9 Å². The van der Waals surface area contributed by atoms with Crippen LogP contribution in [-0.4, -0.2) is 78.2 Å². The Morgan fingerprint density at radius 2 is 1.36 bits per heavy atom. The quantitative estimate of drug-likeness (QED) is 0.390. The topological polar surface area (TPSA) is 75.4 Å². The van der Waals surface area contributed by atoms with E-state index in [-0.39, 0.29) is 54.1 Å². The molecule has 0 atom stereocenters. The molecule has 0 saturated heterocycles. The fourth-order valence-electron chi connectivity index (χ4n) is 0. The second-order valence-corrected chi connectivity index (χ2v) is 2.23. The van der Waals surface area contributed by atoms with Gasteiger partial charge in [0.15, 0.2) is 0 Å². The molecule has 0 unspecified atom stereocenters. The first-order chi connectivity index (χ1) is 4.37. The van der Waals surface area contributed by atoms with Crippen molar-refractivity contribution in [2.24, 2.45) is 5.73 Å². The van der Waals surface area contributed by atoms with E-state index in [0.29, 0.717) is 0 Å². The molecule has 0 aliphatic rings. The Morgan fingerprint density at radius 1 is 1.27 bits per heavy atom. The van der Waals surface area contributed by atoms with Crippen molar-refractivity contribution in [3.05, 3.63) is 0 Å². The largest absolute Gasteiger partial charge is 2.00 e. The Balaban J connectivity index is -0.000000114. The summed E-state index contributed by atoms with van der Waals surface area (Å²) in [6, 6.07) is 0. The molecule has 4 nitrogen and oxygen atoms in total. The zero-order valence-corrected chi connectivity index (χ0v) is 12.4. The number of hydrogen-bond acceptors (Lipinski definition) is 4. The molecule has 7 heteroatoms. The van der Waals surface area contributed by atoms with Crippen molar-refractivity contribution in [2.75, 3.05) is 14.1 Å². The molecule has 0 fully saturated rings. The summed E-state index contributed by atoms with van der Waals surface area (Å²) < 4.78 is 0. The van der Waals surface area contributed by atoms with Gasteiger partial charge in [0.05, 0.1) is 0 Å². The van der Waals surface area contributed by atoms with Gasteiger partial charge < -0.3 is 20.8 Å². The number of rotatable bonds is 0. The van der Waals surface area contributed by atoms with E-state index in [1.54, 1.807) is 14.1 Å². The molecule has 0 aromatic carbocycles. The molecule has 0 aliphatic carbocycles. The first kappa shape index (κ1) is 17.9. The van der Waals surface area contributed by atoms with Crippen molar-refractivity contribution in [1.29, 1.82) is 0 Å². The molecule has 0 rings (SSSR count). The van der Waals surface area contributed by atoms with E-state index in [9.17, 15) is 5.11 Å². The Hall–Kier alpha value is 0.951. The fourth-order valence-corrected chi connectivity index (χ4v) is 0. The third-order valence-corrected chi connectivity index (χ3v) is 0.730. The molecular formula is C4H8BaN2O2S2. The van der Waals surface area contributed by atoms with Crippen molar-refractivity contribution >= 4 is 83.7 Å². The van der Waals surface area contributed by atoms with Crippen LogP contribution in [0.1, 0.15) is 0 Å². The van der Waals surface area contributed by atoms with Crippen LogP contribution in [-0.2, 0) is 0 Å². The maximum absolute atomic E-state index is 9.88. The maximum Gasteiger partial charge on any atom is 2.00 e. The van der Waals surface area contributed by atoms with Crippen molar-refractivity contribution < 1.29 is 10.2 Å². The molecule has 0 bridgehead atoms. The smallest absolute Gasteiger partial charge is 0.852 e.